The summed E-state index contributed by atoms with van der Waals surface area (Å²) in [6.07, 6.45) is 5.41. The second-order valence-corrected chi connectivity index (χ2v) is 4.89. The zero-order valence-corrected chi connectivity index (χ0v) is 11.1. The Hall–Kier alpha value is -0.610. The van der Waals surface area contributed by atoms with Crippen LogP contribution in [0, 0.1) is 0 Å². The van der Waals surface area contributed by atoms with Crippen molar-refractivity contribution in [3.05, 3.63) is 0 Å². The molecule has 17 heavy (non-hydrogen) atoms. The van der Waals surface area contributed by atoms with Gasteiger partial charge in [0.15, 0.2) is 0 Å². The minimum atomic E-state index is -0.121. The van der Waals surface area contributed by atoms with E-state index >= 15 is 0 Å². The summed E-state index contributed by atoms with van der Waals surface area (Å²) >= 11 is 0. The third-order valence-electron chi connectivity index (χ3n) is 3.59. The topological polar surface area (TPSA) is 52.6 Å². The molecule has 100 valence electrons. The first-order valence-electron chi connectivity index (χ1n) is 6.85. The number of rotatable bonds is 6. The number of likely N-dealkylation sites (tertiary alicyclic amines) is 1. The lowest BCUT2D eigenvalue weighted by Crippen LogP contribution is -2.53. The first-order chi connectivity index (χ1) is 8.20. The Morgan fingerprint density at radius 3 is 2.94 bits per heavy atom. The summed E-state index contributed by atoms with van der Waals surface area (Å²) in [5.41, 5.74) is 0. The van der Waals surface area contributed by atoms with Gasteiger partial charge in [-0.3, -0.25) is 9.69 Å². The van der Waals surface area contributed by atoms with Crippen LogP contribution in [-0.4, -0.2) is 47.7 Å². The lowest BCUT2D eigenvalue weighted by atomic mass is 10.0. The molecule has 0 saturated carbocycles. The fourth-order valence-corrected chi connectivity index (χ4v) is 2.42. The third-order valence-corrected chi connectivity index (χ3v) is 3.59. The molecule has 2 unspecified atom stereocenters. The Morgan fingerprint density at radius 1 is 1.53 bits per heavy atom. The zero-order chi connectivity index (χ0) is 12.7. The maximum Gasteiger partial charge on any atom is 0.237 e. The summed E-state index contributed by atoms with van der Waals surface area (Å²) < 4.78 is 0. The normalized spacial score (nSPS) is 23.4. The number of amides is 1. The van der Waals surface area contributed by atoms with E-state index in [1.807, 2.05) is 6.92 Å². The van der Waals surface area contributed by atoms with E-state index in [1.165, 1.54) is 0 Å². The molecule has 0 aromatic carbocycles. The molecular weight excluding hydrogens is 216 g/mol. The van der Waals surface area contributed by atoms with Gasteiger partial charge in [0.2, 0.25) is 5.91 Å². The molecule has 1 aliphatic rings. The molecule has 1 fully saturated rings. The van der Waals surface area contributed by atoms with E-state index < -0.39 is 0 Å². The molecular formula is C13H26N2O2. The Morgan fingerprint density at radius 2 is 2.29 bits per heavy atom. The lowest BCUT2D eigenvalue weighted by molar-refractivity contribution is -0.127. The molecule has 0 radical (unpaired) electrons. The van der Waals surface area contributed by atoms with Crippen molar-refractivity contribution < 1.29 is 9.90 Å². The molecule has 0 aromatic heterocycles. The first kappa shape index (κ1) is 14.5. The van der Waals surface area contributed by atoms with Crippen molar-refractivity contribution in [2.24, 2.45) is 0 Å². The number of aliphatic hydroxyl groups is 1. The van der Waals surface area contributed by atoms with Crippen LogP contribution < -0.4 is 5.32 Å². The standard InChI is InChI=1S/C13H26N2O2/c1-3-4-8-14-13(17)11(2)15-9-6-5-7-12(15)10-16/h11-12,16H,3-10H2,1-2H3,(H,14,17). The SMILES string of the molecule is CCCCNC(=O)C(C)N1CCCCC1CO. The van der Waals surface area contributed by atoms with Crippen molar-refractivity contribution in [2.45, 2.75) is 58.0 Å². The van der Waals surface area contributed by atoms with Gasteiger partial charge in [-0.1, -0.05) is 19.8 Å². The van der Waals surface area contributed by atoms with Crippen LogP contribution in [0.3, 0.4) is 0 Å². The molecule has 4 nitrogen and oxygen atoms in total. The van der Waals surface area contributed by atoms with Gasteiger partial charge >= 0.3 is 0 Å². The molecule has 2 atom stereocenters. The molecule has 1 rings (SSSR count). The van der Waals surface area contributed by atoms with E-state index in [4.69, 9.17) is 0 Å². The minimum Gasteiger partial charge on any atom is -0.395 e. The van der Waals surface area contributed by atoms with Crippen LogP contribution in [0.15, 0.2) is 0 Å². The van der Waals surface area contributed by atoms with Crippen LogP contribution in [0.2, 0.25) is 0 Å². The number of unbranched alkanes of at least 4 members (excludes halogenated alkanes) is 1. The van der Waals surface area contributed by atoms with Crippen LogP contribution in [0.1, 0.15) is 46.0 Å². The number of nitrogens with one attached hydrogen (secondary N) is 1. The van der Waals surface area contributed by atoms with Crippen molar-refractivity contribution in [2.75, 3.05) is 19.7 Å². The summed E-state index contributed by atoms with van der Waals surface area (Å²) in [6.45, 7) is 5.90. The maximum atomic E-state index is 11.9. The summed E-state index contributed by atoms with van der Waals surface area (Å²) in [5, 5.41) is 12.3. The largest absolute Gasteiger partial charge is 0.395 e. The fraction of sp³-hybridized carbons (Fsp3) is 0.923. The summed E-state index contributed by atoms with van der Waals surface area (Å²) in [7, 11) is 0. The van der Waals surface area contributed by atoms with Crippen LogP contribution in [0.5, 0.6) is 0 Å². The Balaban J connectivity index is 2.42. The molecule has 2 N–H and O–H groups in total. The number of carbonyl (C=O) groups is 1. The molecule has 0 aromatic rings. The van der Waals surface area contributed by atoms with Crippen LogP contribution in [0.4, 0.5) is 0 Å². The molecule has 1 amide bonds. The van der Waals surface area contributed by atoms with Crippen molar-refractivity contribution in [3.63, 3.8) is 0 Å². The van der Waals surface area contributed by atoms with Crippen molar-refractivity contribution >= 4 is 5.91 Å². The fourth-order valence-electron chi connectivity index (χ4n) is 2.42. The second-order valence-electron chi connectivity index (χ2n) is 4.89. The predicted molar refractivity (Wildman–Crippen MR) is 68.8 cm³/mol. The highest BCUT2D eigenvalue weighted by Gasteiger charge is 2.29. The van der Waals surface area contributed by atoms with Crippen LogP contribution >= 0.6 is 0 Å². The van der Waals surface area contributed by atoms with E-state index in [0.717, 1.165) is 45.2 Å². The van der Waals surface area contributed by atoms with E-state index in [0.29, 0.717) is 0 Å². The minimum absolute atomic E-state index is 0.0961. The lowest BCUT2D eigenvalue weighted by Gasteiger charge is -2.38. The number of nitrogens with zero attached hydrogens (tertiary/aromatic N) is 1. The quantitative estimate of drug-likeness (QED) is 0.687. The molecule has 1 aliphatic heterocycles. The number of hydrogen-bond donors (Lipinski definition) is 2. The molecule has 4 heteroatoms. The number of hydrogen-bond acceptors (Lipinski definition) is 3. The number of aliphatic hydroxyl groups excluding tert-OH is 1. The van der Waals surface area contributed by atoms with Gasteiger partial charge in [0, 0.05) is 12.6 Å². The molecule has 0 aliphatic carbocycles. The van der Waals surface area contributed by atoms with E-state index in [2.05, 4.69) is 17.1 Å². The first-order valence-corrected chi connectivity index (χ1v) is 6.85. The summed E-state index contributed by atoms with van der Waals surface area (Å²) in [5.74, 6) is 0.0961. The highest BCUT2D eigenvalue weighted by Crippen LogP contribution is 2.19. The average Bonchev–Trinajstić information content (AvgIpc) is 2.38. The van der Waals surface area contributed by atoms with Crippen LogP contribution in [0.25, 0.3) is 0 Å². The molecule has 0 bridgehead atoms. The maximum absolute atomic E-state index is 11.9. The highest BCUT2D eigenvalue weighted by molar-refractivity contribution is 5.81. The van der Waals surface area contributed by atoms with Gasteiger partial charge in [0.05, 0.1) is 12.6 Å². The second kappa shape index (κ2) is 7.67. The van der Waals surface area contributed by atoms with Gasteiger partial charge in [-0.05, 0) is 32.7 Å². The molecule has 1 saturated heterocycles. The zero-order valence-electron chi connectivity index (χ0n) is 11.1. The Bertz CT molecular complexity index is 233. The summed E-state index contributed by atoms with van der Waals surface area (Å²) in [6, 6.07) is 0.0416. The van der Waals surface area contributed by atoms with Gasteiger partial charge in [-0.15, -0.1) is 0 Å². The van der Waals surface area contributed by atoms with Gasteiger partial charge in [0.1, 0.15) is 0 Å². The van der Waals surface area contributed by atoms with Gasteiger partial charge in [-0.25, -0.2) is 0 Å². The van der Waals surface area contributed by atoms with Crippen LogP contribution in [-0.2, 0) is 4.79 Å². The molecule has 1 heterocycles. The van der Waals surface area contributed by atoms with Gasteiger partial charge < -0.3 is 10.4 Å². The van der Waals surface area contributed by atoms with E-state index in [1.54, 1.807) is 0 Å². The third kappa shape index (κ3) is 4.28. The van der Waals surface area contributed by atoms with Crippen molar-refractivity contribution in [1.82, 2.24) is 10.2 Å². The van der Waals surface area contributed by atoms with Crippen molar-refractivity contribution in [3.8, 4) is 0 Å². The summed E-state index contributed by atoms with van der Waals surface area (Å²) in [4.78, 5) is 14.1. The van der Waals surface area contributed by atoms with E-state index in [9.17, 15) is 9.90 Å². The smallest absolute Gasteiger partial charge is 0.237 e. The Kier molecular flexibility index (Phi) is 6.52. The van der Waals surface area contributed by atoms with Crippen molar-refractivity contribution in [1.29, 1.82) is 0 Å². The number of piperidine rings is 1. The van der Waals surface area contributed by atoms with E-state index in [-0.39, 0.29) is 24.6 Å². The molecule has 0 spiro atoms. The highest BCUT2D eigenvalue weighted by atomic mass is 16.3. The Labute approximate surface area is 104 Å². The number of carbonyl (C=O) groups excluding carboxylic acids is 1. The predicted octanol–water partition coefficient (Wildman–Crippen LogP) is 1.14. The average molecular weight is 242 g/mol. The van der Waals surface area contributed by atoms with Gasteiger partial charge in [0.25, 0.3) is 0 Å². The van der Waals surface area contributed by atoms with Gasteiger partial charge in [-0.2, -0.15) is 0 Å². The monoisotopic (exact) mass is 242 g/mol.